The predicted octanol–water partition coefficient (Wildman–Crippen LogP) is 4.17. The molecule has 0 radical (unpaired) electrons. The Morgan fingerprint density at radius 1 is 1.25 bits per heavy atom. The number of aliphatic hydroxyl groups is 1. The zero-order valence-corrected chi connectivity index (χ0v) is 12.2. The molecule has 2 rings (SSSR count). The van der Waals surface area contributed by atoms with E-state index in [2.05, 4.69) is 0 Å². The summed E-state index contributed by atoms with van der Waals surface area (Å²) in [5.74, 6) is -0.346. The van der Waals surface area contributed by atoms with Crippen molar-refractivity contribution in [3.63, 3.8) is 0 Å². The average molecular weight is 294 g/mol. The van der Waals surface area contributed by atoms with Crippen LogP contribution >= 0.6 is 11.6 Å². The van der Waals surface area contributed by atoms with Gasteiger partial charge in [-0.3, -0.25) is 0 Å². The summed E-state index contributed by atoms with van der Waals surface area (Å²) in [7, 11) is 1.90. The molecule has 0 aliphatic heterocycles. The van der Waals surface area contributed by atoms with E-state index in [1.165, 1.54) is 12.1 Å². The topological polar surface area (TPSA) is 23.5 Å². The molecule has 0 aliphatic carbocycles. The Morgan fingerprint density at radius 3 is 2.65 bits per heavy atom. The number of benzene rings is 2. The van der Waals surface area contributed by atoms with Crippen LogP contribution in [0.3, 0.4) is 0 Å². The van der Waals surface area contributed by atoms with Crippen LogP contribution < -0.4 is 4.90 Å². The van der Waals surface area contributed by atoms with Gasteiger partial charge in [0.15, 0.2) is 0 Å². The smallest absolute Gasteiger partial charge is 0.123 e. The van der Waals surface area contributed by atoms with Crippen molar-refractivity contribution in [2.45, 2.75) is 19.6 Å². The van der Waals surface area contributed by atoms with Crippen LogP contribution in [-0.4, -0.2) is 12.2 Å². The minimum absolute atomic E-state index is 0.346. The number of aliphatic hydroxyl groups excluding tert-OH is 1. The Bertz CT molecular complexity index is 601. The van der Waals surface area contributed by atoms with Crippen molar-refractivity contribution in [1.82, 2.24) is 0 Å². The highest BCUT2D eigenvalue weighted by Crippen LogP contribution is 2.27. The third-order valence-corrected chi connectivity index (χ3v) is 3.39. The van der Waals surface area contributed by atoms with Gasteiger partial charge in [-0.25, -0.2) is 4.39 Å². The zero-order chi connectivity index (χ0) is 14.7. The molecule has 4 heteroatoms. The fraction of sp³-hybridized carbons (Fsp3) is 0.250. The summed E-state index contributed by atoms with van der Waals surface area (Å²) in [6.07, 6.45) is -0.720. The monoisotopic (exact) mass is 293 g/mol. The van der Waals surface area contributed by atoms with Crippen molar-refractivity contribution >= 4 is 17.3 Å². The van der Waals surface area contributed by atoms with E-state index in [9.17, 15) is 9.50 Å². The molecule has 0 bridgehead atoms. The summed E-state index contributed by atoms with van der Waals surface area (Å²) < 4.78 is 13.3. The van der Waals surface area contributed by atoms with Crippen molar-refractivity contribution in [1.29, 1.82) is 0 Å². The van der Waals surface area contributed by atoms with E-state index in [-0.39, 0.29) is 5.82 Å². The van der Waals surface area contributed by atoms with Gasteiger partial charge < -0.3 is 10.0 Å². The highest BCUT2D eigenvalue weighted by atomic mass is 35.5. The van der Waals surface area contributed by atoms with Gasteiger partial charge in [0.25, 0.3) is 0 Å². The van der Waals surface area contributed by atoms with Crippen LogP contribution in [0.25, 0.3) is 0 Å². The lowest BCUT2D eigenvalue weighted by Crippen LogP contribution is -2.18. The van der Waals surface area contributed by atoms with E-state index in [1.54, 1.807) is 13.0 Å². The first kappa shape index (κ1) is 14.8. The van der Waals surface area contributed by atoms with Gasteiger partial charge >= 0.3 is 0 Å². The maximum atomic E-state index is 13.3. The SMILES string of the molecule is CC(O)c1cc(F)ccc1N(C)Cc1cccc(Cl)c1. The van der Waals surface area contributed by atoms with Gasteiger partial charge in [0.05, 0.1) is 6.10 Å². The second-order valence-electron chi connectivity index (χ2n) is 4.87. The van der Waals surface area contributed by atoms with Gasteiger partial charge in [0.2, 0.25) is 0 Å². The van der Waals surface area contributed by atoms with Crippen LogP contribution in [0.5, 0.6) is 0 Å². The second kappa shape index (κ2) is 6.25. The number of rotatable bonds is 4. The maximum absolute atomic E-state index is 13.3. The molecule has 0 heterocycles. The maximum Gasteiger partial charge on any atom is 0.123 e. The molecule has 0 aromatic heterocycles. The molecular weight excluding hydrogens is 277 g/mol. The summed E-state index contributed by atoms with van der Waals surface area (Å²) in [6, 6.07) is 12.0. The molecular formula is C16H17ClFNO. The van der Waals surface area contributed by atoms with E-state index < -0.39 is 6.10 Å². The lowest BCUT2D eigenvalue weighted by molar-refractivity contribution is 0.199. The van der Waals surface area contributed by atoms with Crippen molar-refractivity contribution in [3.8, 4) is 0 Å². The standard InChI is InChI=1S/C16H17ClFNO/c1-11(20)15-9-14(18)6-7-16(15)19(2)10-12-4-3-5-13(17)8-12/h3-9,11,20H,10H2,1-2H3. The third-order valence-electron chi connectivity index (χ3n) is 3.16. The number of hydrogen-bond donors (Lipinski definition) is 1. The molecule has 0 spiro atoms. The molecule has 1 N–H and O–H groups in total. The first-order chi connectivity index (χ1) is 9.47. The minimum atomic E-state index is -0.720. The number of anilines is 1. The molecule has 0 fully saturated rings. The average Bonchev–Trinajstić information content (AvgIpc) is 2.38. The van der Waals surface area contributed by atoms with Crippen molar-refractivity contribution in [3.05, 3.63) is 64.4 Å². The van der Waals surface area contributed by atoms with Gasteiger partial charge in [-0.15, -0.1) is 0 Å². The molecule has 20 heavy (non-hydrogen) atoms. The summed E-state index contributed by atoms with van der Waals surface area (Å²) in [4.78, 5) is 1.97. The molecule has 2 nitrogen and oxygen atoms in total. The molecule has 1 atom stereocenters. The fourth-order valence-electron chi connectivity index (χ4n) is 2.20. The second-order valence-corrected chi connectivity index (χ2v) is 5.30. The van der Waals surface area contributed by atoms with Crippen LogP contribution in [0.4, 0.5) is 10.1 Å². The van der Waals surface area contributed by atoms with Crippen LogP contribution in [0, 0.1) is 5.82 Å². The molecule has 2 aromatic rings. The van der Waals surface area contributed by atoms with E-state index in [0.717, 1.165) is 11.3 Å². The quantitative estimate of drug-likeness (QED) is 0.914. The Kier molecular flexibility index (Phi) is 4.63. The molecule has 0 amide bonds. The summed E-state index contributed by atoms with van der Waals surface area (Å²) in [6.45, 7) is 2.26. The Labute approximate surface area is 123 Å². The Hall–Kier alpha value is -1.58. The highest BCUT2D eigenvalue weighted by Gasteiger charge is 2.13. The zero-order valence-electron chi connectivity index (χ0n) is 11.5. The van der Waals surface area contributed by atoms with Crippen molar-refractivity contribution in [2.75, 3.05) is 11.9 Å². The summed E-state index contributed by atoms with van der Waals surface area (Å²) in [5.41, 5.74) is 2.44. The van der Waals surface area contributed by atoms with Crippen LogP contribution in [0.2, 0.25) is 5.02 Å². The minimum Gasteiger partial charge on any atom is -0.389 e. The van der Waals surface area contributed by atoms with Crippen molar-refractivity contribution in [2.24, 2.45) is 0 Å². The lowest BCUT2D eigenvalue weighted by Gasteiger charge is -2.24. The van der Waals surface area contributed by atoms with Crippen LogP contribution in [0.15, 0.2) is 42.5 Å². The van der Waals surface area contributed by atoms with Crippen LogP contribution in [-0.2, 0) is 6.54 Å². The van der Waals surface area contributed by atoms with Gasteiger partial charge in [-0.1, -0.05) is 23.7 Å². The summed E-state index contributed by atoms with van der Waals surface area (Å²) in [5, 5.41) is 10.5. The molecule has 0 aliphatic rings. The van der Waals surface area contributed by atoms with E-state index >= 15 is 0 Å². The van der Waals surface area contributed by atoms with E-state index in [0.29, 0.717) is 17.1 Å². The first-order valence-corrected chi connectivity index (χ1v) is 6.78. The number of halogens is 2. The Balaban J connectivity index is 2.27. The normalized spacial score (nSPS) is 12.2. The Morgan fingerprint density at radius 2 is 2.00 bits per heavy atom. The fourth-order valence-corrected chi connectivity index (χ4v) is 2.41. The molecule has 2 aromatic carbocycles. The summed E-state index contributed by atoms with van der Waals surface area (Å²) >= 11 is 5.97. The third kappa shape index (κ3) is 3.50. The number of hydrogen-bond acceptors (Lipinski definition) is 2. The molecule has 0 saturated carbocycles. The van der Waals surface area contributed by atoms with E-state index in [4.69, 9.17) is 11.6 Å². The largest absolute Gasteiger partial charge is 0.389 e. The first-order valence-electron chi connectivity index (χ1n) is 6.40. The molecule has 0 saturated heterocycles. The molecule has 1 unspecified atom stereocenters. The van der Waals surface area contributed by atoms with E-state index in [1.807, 2.05) is 36.2 Å². The highest BCUT2D eigenvalue weighted by molar-refractivity contribution is 6.30. The lowest BCUT2D eigenvalue weighted by atomic mass is 10.1. The predicted molar refractivity (Wildman–Crippen MR) is 80.6 cm³/mol. The van der Waals surface area contributed by atoms with Gasteiger partial charge in [-0.2, -0.15) is 0 Å². The van der Waals surface area contributed by atoms with Gasteiger partial charge in [-0.05, 0) is 42.8 Å². The molecule has 106 valence electrons. The van der Waals surface area contributed by atoms with Crippen molar-refractivity contribution < 1.29 is 9.50 Å². The van der Waals surface area contributed by atoms with Gasteiger partial charge in [0.1, 0.15) is 5.82 Å². The number of nitrogens with zero attached hydrogens (tertiary/aromatic N) is 1. The van der Waals surface area contributed by atoms with Gasteiger partial charge in [0, 0.05) is 29.9 Å². The van der Waals surface area contributed by atoms with Crippen LogP contribution in [0.1, 0.15) is 24.2 Å².